The second kappa shape index (κ2) is 14.0. The van der Waals surface area contributed by atoms with Crippen LogP contribution in [0.25, 0.3) is 6.08 Å². The van der Waals surface area contributed by atoms with Crippen molar-refractivity contribution in [2.75, 3.05) is 13.7 Å². The third kappa shape index (κ3) is 6.84. The van der Waals surface area contributed by atoms with Crippen LogP contribution in [0.3, 0.4) is 0 Å². The first-order valence-electron chi connectivity index (χ1n) is 14.3. The van der Waals surface area contributed by atoms with Gasteiger partial charge in [0.1, 0.15) is 24.2 Å². The number of thiazole rings is 1. The zero-order chi connectivity index (χ0) is 32.2. The van der Waals surface area contributed by atoms with Crippen LogP contribution in [0.5, 0.6) is 17.2 Å². The van der Waals surface area contributed by atoms with Crippen LogP contribution in [0, 0.1) is 9.39 Å². The molecule has 2 heterocycles. The highest BCUT2D eigenvalue weighted by molar-refractivity contribution is 14.1. The van der Waals surface area contributed by atoms with E-state index in [0.29, 0.717) is 49.0 Å². The molecule has 0 fully saturated rings. The number of carbonyl (C=O) groups is 1. The molecule has 4 aromatic rings. The molecule has 5 rings (SSSR count). The number of nitrogens with zero attached hydrogens (tertiary/aromatic N) is 2. The summed E-state index contributed by atoms with van der Waals surface area (Å²) in [6.07, 6.45) is 1.57. The van der Waals surface area contributed by atoms with Gasteiger partial charge in [0.2, 0.25) is 0 Å². The van der Waals surface area contributed by atoms with Crippen LogP contribution >= 0.6 is 33.9 Å². The number of hydrogen-bond acceptors (Lipinski definition) is 8. The number of aromatic nitrogens is 1. The van der Waals surface area contributed by atoms with Crippen LogP contribution < -0.4 is 29.1 Å². The molecule has 1 aliphatic rings. The predicted octanol–water partition coefficient (Wildman–Crippen LogP) is 5.92. The fourth-order valence-corrected chi connectivity index (χ4v) is 6.72. The molecule has 8 nitrogen and oxygen atoms in total. The highest BCUT2D eigenvalue weighted by atomic mass is 127. The van der Waals surface area contributed by atoms with Gasteiger partial charge < -0.3 is 18.9 Å². The summed E-state index contributed by atoms with van der Waals surface area (Å²) in [6.45, 7) is 7.42. The second-order valence-corrected chi connectivity index (χ2v) is 12.7. The molecule has 0 saturated heterocycles. The number of fused-ring (bicyclic) bond motifs is 1. The summed E-state index contributed by atoms with van der Waals surface area (Å²) in [5, 5.41) is 0. The van der Waals surface area contributed by atoms with Gasteiger partial charge in [0.05, 0.1) is 35.6 Å². The first-order chi connectivity index (χ1) is 21.6. The Morgan fingerprint density at radius 3 is 2.58 bits per heavy atom. The summed E-state index contributed by atoms with van der Waals surface area (Å²) >= 11 is 3.36. The molecule has 0 radical (unpaired) electrons. The van der Waals surface area contributed by atoms with E-state index in [1.165, 1.54) is 29.1 Å². The highest BCUT2D eigenvalue weighted by Gasteiger charge is 2.35. The zero-order valence-electron chi connectivity index (χ0n) is 25.4. The van der Waals surface area contributed by atoms with Crippen molar-refractivity contribution in [2.45, 2.75) is 46.4 Å². The lowest BCUT2D eigenvalue weighted by Gasteiger charge is -2.26. The number of allylic oxidation sites excluding steroid dienone is 1. The average molecular weight is 743 g/mol. The van der Waals surface area contributed by atoms with Gasteiger partial charge in [-0.25, -0.2) is 14.2 Å². The Morgan fingerprint density at radius 1 is 1.13 bits per heavy atom. The van der Waals surface area contributed by atoms with Crippen molar-refractivity contribution in [1.29, 1.82) is 0 Å². The van der Waals surface area contributed by atoms with Crippen molar-refractivity contribution in [2.24, 2.45) is 4.99 Å². The highest BCUT2D eigenvalue weighted by Crippen LogP contribution is 2.37. The maximum atomic E-state index is 14.4. The van der Waals surface area contributed by atoms with Gasteiger partial charge in [-0.1, -0.05) is 47.7 Å². The first-order valence-corrected chi connectivity index (χ1v) is 16.2. The predicted molar refractivity (Wildman–Crippen MR) is 179 cm³/mol. The van der Waals surface area contributed by atoms with Gasteiger partial charge in [-0.3, -0.25) is 9.36 Å². The lowest BCUT2D eigenvalue weighted by atomic mass is 9.95. The van der Waals surface area contributed by atoms with Gasteiger partial charge in [0.25, 0.3) is 5.56 Å². The van der Waals surface area contributed by atoms with Crippen LogP contribution in [-0.2, 0) is 16.1 Å². The summed E-state index contributed by atoms with van der Waals surface area (Å²) in [5.74, 6) is 0.419. The van der Waals surface area contributed by atoms with E-state index in [0.717, 1.165) is 3.57 Å². The molecule has 11 heteroatoms. The van der Waals surface area contributed by atoms with E-state index in [9.17, 15) is 14.0 Å². The van der Waals surface area contributed by atoms with E-state index < -0.39 is 12.0 Å². The van der Waals surface area contributed by atoms with Crippen molar-refractivity contribution in [3.63, 3.8) is 0 Å². The van der Waals surface area contributed by atoms with Crippen LogP contribution in [-0.4, -0.2) is 30.4 Å². The van der Waals surface area contributed by atoms with E-state index >= 15 is 0 Å². The van der Waals surface area contributed by atoms with Gasteiger partial charge in [0, 0.05) is 20.3 Å². The molecule has 1 atom stereocenters. The Bertz CT molecular complexity index is 1970. The summed E-state index contributed by atoms with van der Waals surface area (Å²) in [7, 11) is 1.52. The Hall–Kier alpha value is -3.97. The van der Waals surface area contributed by atoms with E-state index in [1.807, 2.05) is 44.2 Å². The van der Waals surface area contributed by atoms with Gasteiger partial charge in [-0.05, 0) is 80.6 Å². The Morgan fingerprint density at radius 2 is 1.87 bits per heavy atom. The molecule has 0 amide bonds. The largest absolute Gasteiger partial charge is 0.493 e. The number of hydrogen-bond donors (Lipinski definition) is 0. The molecule has 0 bridgehead atoms. The minimum absolute atomic E-state index is 0.0412. The van der Waals surface area contributed by atoms with Crippen molar-refractivity contribution < 1.29 is 28.1 Å². The third-order valence-electron chi connectivity index (χ3n) is 6.98. The van der Waals surface area contributed by atoms with Crippen LogP contribution in [0.15, 0.2) is 81.7 Å². The molecule has 0 aliphatic carbocycles. The van der Waals surface area contributed by atoms with Crippen molar-refractivity contribution in [3.8, 4) is 17.2 Å². The molecule has 45 heavy (non-hydrogen) atoms. The van der Waals surface area contributed by atoms with Crippen LogP contribution in [0.2, 0.25) is 0 Å². The number of carbonyl (C=O) groups excluding carboxylic acids is 1. The fourth-order valence-electron chi connectivity index (χ4n) is 5.06. The Balaban J connectivity index is 1.70. The van der Waals surface area contributed by atoms with E-state index in [4.69, 9.17) is 18.9 Å². The zero-order valence-corrected chi connectivity index (χ0v) is 28.4. The van der Waals surface area contributed by atoms with Gasteiger partial charge in [-0.15, -0.1) is 0 Å². The maximum Gasteiger partial charge on any atom is 0.338 e. The molecule has 1 aromatic heterocycles. The summed E-state index contributed by atoms with van der Waals surface area (Å²) in [6, 6.07) is 16.6. The second-order valence-electron chi connectivity index (χ2n) is 10.4. The molecule has 3 aromatic carbocycles. The molecule has 0 saturated carbocycles. The Kier molecular flexibility index (Phi) is 10.1. The minimum atomic E-state index is -0.834. The van der Waals surface area contributed by atoms with Crippen LogP contribution in [0.4, 0.5) is 4.39 Å². The number of rotatable bonds is 10. The fraction of sp³-hybridized carbons (Fsp3) is 0.265. The number of benzene rings is 3. The van der Waals surface area contributed by atoms with Crippen LogP contribution in [0.1, 0.15) is 50.4 Å². The molecule has 0 spiro atoms. The molecule has 0 N–H and O–H groups in total. The molecule has 1 aliphatic heterocycles. The van der Waals surface area contributed by atoms with Crippen molar-refractivity contribution in [1.82, 2.24) is 4.57 Å². The molecule has 234 valence electrons. The lowest BCUT2D eigenvalue weighted by molar-refractivity contribution is -0.139. The topological polar surface area (TPSA) is 88.4 Å². The molecule has 0 unspecified atom stereocenters. The minimum Gasteiger partial charge on any atom is -0.493 e. The SMILES string of the molecule is CCOC(=O)C1=C(C)N=c2s/c(=C\c3cc(I)cc(OC)c3OCc3ccccc3F)c(=O)n2[C@@H]1c1ccccc1OC(C)C. The van der Waals surface area contributed by atoms with E-state index in [1.54, 1.807) is 44.2 Å². The quantitative estimate of drug-likeness (QED) is 0.148. The number of ether oxygens (including phenoxy) is 4. The Labute approximate surface area is 277 Å². The lowest BCUT2D eigenvalue weighted by Crippen LogP contribution is -2.40. The molecular formula is C34H32FIN2O6S. The summed E-state index contributed by atoms with van der Waals surface area (Å²) in [4.78, 5) is 32.7. The van der Waals surface area contributed by atoms with Crippen molar-refractivity contribution >= 4 is 46.0 Å². The first kappa shape index (κ1) is 32.4. The third-order valence-corrected chi connectivity index (χ3v) is 8.58. The van der Waals surface area contributed by atoms with Gasteiger partial charge in [0.15, 0.2) is 16.3 Å². The van der Waals surface area contributed by atoms with E-state index in [-0.39, 0.29) is 36.3 Å². The number of methoxy groups -OCH3 is 1. The average Bonchev–Trinajstić information content (AvgIpc) is 3.30. The maximum absolute atomic E-state index is 14.4. The molecular weight excluding hydrogens is 710 g/mol. The van der Waals surface area contributed by atoms with Gasteiger partial charge >= 0.3 is 5.97 Å². The standard InChI is InChI=1S/C34H32FIN2O6S/c1-6-42-33(40)29-20(4)37-34-38(30(29)24-12-8-10-14-26(24)44-19(2)3)32(39)28(45-34)16-22-15-23(36)17-27(41-5)31(22)43-18-21-11-7-9-13-25(21)35/h7-17,19,30H,6,18H2,1-5H3/b28-16-/t30-/m1/s1. The number of esters is 1. The monoisotopic (exact) mass is 742 g/mol. The summed E-state index contributed by atoms with van der Waals surface area (Å²) in [5.41, 5.74) is 1.96. The number of halogens is 2. The van der Waals surface area contributed by atoms with E-state index in [2.05, 4.69) is 27.6 Å². The van der Waals surface area contributed by atoms with Gasteiger partial charge in [-0.2, -0.15) is 0 Å². The number of para-hydroxylation sites is 1. The van der Waals surface area contributed by atoms with Crippen molar-refractivity contribution in [3.05, 3.63) is 118 Å². The smallest absolute Gasteiger partial charge is 0.338 e. The normalized spacial score (nSPS) is 14.7. The summed E-state index contributed by atoms with van der Waals surface area (Å²) < 4.78 is 40.4.